The van der Waals surface area contributed by atoms with Gasteiger partial charge >= 0.3 is 6.03 Å². The lowest BCUT2D eigenvalue weighted by atomic mass is 10.2. The lowest BCUT2D eigenvalue weighted by molar-refractivity contribution is 0.239. The minimum atomic E-state index is -0.571. The molecule has 0 atom stereocenters. The van der Waals surface area contributed by atoms with Gasteiger partial charge in [0.1, 0.15) is 18.0 Å². The molecule has 3 aromatic heterocycles. The van der Waals surface area contributed by atoms with Crippen LogP contribution in [0.15, 0.2) is 61.1 Å². The molecule has 35 heavy (non-hydrogen) atoms. The summed E-state index contributed by atoms with van der Waals surface area (Å²) in [6.45, 7) is 1.99. The Morgan fingerprint density at radius 1 is 1.00 bits per heavy atom. The first kappa shape index (κ1) is 22.4. The number of urea groups is 1. The van der Waals surface area contributed by atoms with Gasteiger partial charge < -0.3 is 10.6 Å². The Labute approximate surface area is 203 Å². The van der Waals surface area contributed by atoms with E-state index in [-0.39, 0.29) is 18.1 Å². The monoisotopic (exact) mass is 491 g/mol. The van der Waals surface area contributed by atoms with Crippen LogP contribution in [0.4, 0.5) is 9.18 Å². The zero-order chi connectivity index (χ0) is 24.4. The first-order valence-corrected chi connectivity index (χ1v) is 11.0. The Morgan fingerprint density at radius 3 is 2.60 bits per heavy atom. The van der Waals surface area contributed by atoms with Gasteiger partial charge in [0.25, 0.3) is 0 Å². The van der Waals surface area contributed by atoms with Crippen molar-refractivity contribution in [2.24, 2.45) is 0 Å². The summed E-state index contributed by atoms with van der Waals surface area (Å²) in [7, 11) is 0. The smallest absolute Gasteiger partial charge is 0.315 e. The van der Waals surface area contributed by atoms with Crippen LogP contribution in [-0.2, 0) is 13.1 Å². The summed E-state index contributed by atoms with van der Waals surface area (Å²) in [5, 5.41) is 15.1. The molecule has 0 radical (unpaired) electrons. The number of hydrogen-bond acceptors (Lipinski definition) is 6. The lowest BCUT2D eigenvalue weighted by Gasteiger charge is -2.10. The fraction of sp³-hybridized carbons (Fsp3) is 0.130. The molecule has 0 spiro atoms. The second kappa shape index (κ2) is 9.47. The van der Waals surface area contributed by atoms with Crippen molar-refractivity contribution in [3.63, 3.8) is 0 Å². The molecular weight excluding hydrogens is 473 g/mol. The Balaban J connectivity index is 1.25. The minimum Gasteiger partial charge on any atom is -0.331 e. The average molecular weight is 492 g/mol. The van der Waals surface area contributed by atoms with Crippen molar-refractivity contribution in [3.8, 4) is 11.4 Å². The van der Waals surface area contributed by atoms with Gasteiger partial charge in [-0.05, 0) is 37.3 Å². The number of amides is 2. The summed E-state index contributed by atoms with van der Waals surface area (Å²) in [5.74, 6) is 0.988. The van der Waals surface area contributed by atoms with Gasteiger partial charge in [-0.2, -0.15) is 10.2 Å². The molecule has 0 saturated heterocycles. The van der Waals surface area contributed by atoms with Gasteiger partial charge in [0.15, 0.2) is 11.6 Å². The van der Waals surface area contributed by atoms with Crippen LogP contribution in [0, 0.1) is 12.7 Å². The molecule has 0 bridgehead atoms. The average Bonchev–Trinajstić information content (AvgIpc) is 3.49. The molecule has 0 saturated carbocycles. The molecule has 5 aromatic rings. The van der Waals surface area contributed by atoms with E-state index in [1.807, 2.05) is 30.3 Å². The van der Waals surface area contributed by atoms with Crippen LogP contribution in [0.2, 0.25) is 5.02 Å². The van der Waals surface area contributed by atoms with E-state index < -0.39 is 11.8 Å². The molecule has 0 aliphatic rings. The van der Waals surface area contributed by atoms with Crippen molar-refractivity contribution in [1.29, 1.82) is 0 Å². The van der Waals surface area contributed by atoms with E-state index in [2.05, 4.69) is 35.8 Å². The van der Waals surface area contributed by atoms with Gasteiger partial charge in [-0.3, -0.25) is 4.98 Å². The largest absolute Gasteiger partial charge is 0.331 e. The van der Waals surface area contributed by atoms with E-state index in [0.29, 0.717) is 23.2 Å². The standard InChI is InChI=1S/C23H19ClFN9O/c1-14-31-22(34(32-14)17-5-4-15-3-2-8-26-20(15)10-17)12-28-23(35)27-11-21-29-13-30-33(21)16-6-7-18(24)19(25)9-16/h2-10,13H,11-12H2,1H3,(H2,27,28,35). The van der Waals surface area contributed by atoms with Crippen LogP contribution in [0.25, 0.3) is 22.3 Å². The zero-order valence-electron chi connectivity index (χ0n) is 18.5. The summed E-state index contributed by atoms with van der Waals surface area (Å²) < 4.78 is 16.9. The third-order valence-corrected chi connectivity index (χ3v) is 5.50. The lowest BCUT2D eigenvalue weighted by Crippen LogP contribution is -2.36. The SMILES string of the molecule is Cc1nc(CNC(=O)NCc2ncnn2-c2ccc(Cl)c(F)c2)n(-c2ccc3cccnc3c2)n1. The predicted molar refractivity (Wildman–Crippen MR) is 127 cm³/mol. The van der Waals surface area contributed by atoms with Gasteiger partial charge in [0.2, 0.25) is 0 Å². The summed E-state index contributed by atoms with van der Waals surface area (Å²) in [5.41, 5.74) is 2.06. The quantitative estimate of drug-likeness (QED) is 0.375. The minimum absolute atomic E-state index is 0.0101. The molecule has 2 amide bonds. The van der Waals surface area contributed by atoms with Crippen molar-refractivity contribution in [1.82, 2.24) is 45.1 Å². The maximum Gasteiger partial charge on any atom is 0.315 e. The van der Waals surface area contributed by atoms with Crippen molar-refractivity contribution in [2.75, 3.05) is 0 Å². The third kappa shape index (κ3) is 4.80. The Morgan fingerprint density at radius 2 is 1.77 bits per heavy atom. The number of nitrogens with zero attached hydrogens (tertiary/aromatic N) is 7. The highest BCUT2D eigenvalue weighted by molar-refractivity contribution is 6.30. The zero-order valence-corrected chi connectivity index (χ0v) is 19.2. The number of pyridine rings is 1. The Bertz CT molecular complexity index is 1530. The van der Waals surface area contributed by atoms with Gasteiger partial charge in [-0.15, -0.1) is 0 Å². The van der Waals surface area contributed by atoms with Crippen molar-refractivity contribution < 1.29 is 9.18 Å². The number of aromatic nitrogens is 7. The second-order valence-electron chi connectivity index (χ2n) is 7.59. The van der Waals surface area contributed by atoms with E-state index in [1.54, 1.807) is 23.9 Å². The third-order valence-electron chi connectivity index (χ3n) is 5.19. The predicted octanol–water partition coefficient (Wildman–Crippen LogP) is 3.50. The molecular formula is C23H19ClFN9O. The van der Waals surface area contributed by atoms with Gasteiger partial charge in [-0.1, -0.05) is 23.7 Å². The number of halogens is 2. The van der Waals surface area contributed by atoms with Crippen LogP contribution in [0.5, 0.6) is 0 Å². The number of nitrogens with one attached hydrogen (secondary N) is 2. The van der Waals surface area contributed by atoms with E-state index in [9.17, 15) is 9.18 Å². The number of fused-ring (bicyclic) bond motifs is 1. The van der Waals surface area contributed by atoms with Crippen LogP contribution < -0.4 is 10.6 Å². The number of rotatable bonds is 6. The Hall–Kier alpha value is -4.38. The van der Waals surface area contributed by atoms with Crippen molar-refractivity contribution in [3.05, 3.63) is 89.4 Å². The molecule has 5 rings (SSSR count). The maximum atomic E-state index is 13.8. The van der Waals surface area contributed by atoms with Crippen LogP contribution >= 0.6 is 11.6 Å². The van der Waals surface area contributed by atoms with E-state index in [0.717, 1.165) is 16.6 Å². The van der Waals surface area contributed by atoms with Crippen LogP contribution in [0.3, 0.4) is 0 Å². The highest BCUT2D eigenvalue weighted by atomic mass is 35.5. The molecule has 2 N–H and O–H groups in total. The molecule has 12 heteroatoms. The second-order valence-corrected chi connectivity index (χ2v) is 8.00. The van der Waals surface area contributed by atoms with E-state index in [4.69, 9.17) is 11.6 Å². The highest BCUT2D eigenvalue weighted by Gasteiger charge is 2.13. The maximum absolute atomic E-state index is 13.8. The molecule has 0 unspecified atom stereocenters. The molecule has 176 valence electrons. The first-order chi connectivity index (χ1) is 17.0. The van der Waals surface area contributed by atoms with Crippen molar-refractivity contribution in [2.45, 2.75) is 20.0 Å². The van der Waals surface area contributed by atoms with E-state index in [1.165, 1.54) is 23.1 Å². The molecule has 10 nitrogen and oxygen atoms in total. The number of carbonyl (C=O) groups is 1. The fourth-order valence-electron chi connectivity index (χ4n) is 3.57. The molecule has 0 aliphatic heterocycles. The van der Waals surface area contributed by atoms with Gasteiger partial charge in [-0.25, -0.2) is 28.5 Å². The van der Waals surface area contributed by atoms with Crippen molar-refractivity contribution >= 4 is 28.5 Å². The molecule has 2 aromatic carbocycles. The Kier molecular flexibility index (Phi) is 6.06. The summed E-state index contributed by atoms with van der Waals surface area (Å²) >= 11 is 5.75. The number of carbonyl (C=O) groups excluding carboxylic acids is 1. The number of benzene rings is 2. The topological polar surface area (TPSA) is 115 Å². The molecule has 0 aliphatic carbocycles. The van der Waals surface area contributed by atoms with Gasteiger partial charge in [0, 0.05) is 17.6 Å². The summed E-state index contributed by atoms with van der Waals surface area (Å²) in [6.07, 6.45) is 3.06. The molecule has 3 heterocycles. The molecule has 0 fully saturated rings. The summed E-state index contributed by atoms with van der Waals surface area (Å²) in [6, 6.07) is 13.5. The van der Waals surface area contributed by atoms with Crippen LogP contribution in [0.1, 0.15) is 17.5 Å². The normalized spacial score (nSPS) is 11.1. The highest BCUT2D eigenvalue weighted by Crippen LogP contribution is 2.19. The van der Waals surface area contributed by atoms with Gasteiger partial charge in [0.05, 0.1) is 35.0 Å². The number of hydrogen-bond donors (Lipinski definition) is 2. The van der Waals surface area contributed by atoms with E-state index >= 15 is 0 Å². The summed E-state index contributed by atoms with van der Waals surface area (Å²) in [4.78, 5) is 25.4. The first-order valence-electron chi connectivity index (χ1n) is 10.6. The fourth-order valence-corrected chi connectivity index (χ4v) is 3.68. The number of aryl methyl sites for hydroxylation is 1. The van der Waals surface area contributed by atoms with Crippen LogP contribution in [-0.4, -0.2) is 40.5 Å².